The monoisotopic (exact) mass is 523 g/mol. The summed E-state index contributed by atoms with van der Waals surface area (Å²) in [6.45, 7) is 6.50. The van der Waals surface area contributed by atoms with E-state index in [1.165, 1.54) is 25.7 Å². The van der Waals surface area contributed by atoms with Crippen LogP contribution in [0.2, 0.25) is 5.02 Å². The van der Waals surface area contributed by atoms with E-state index in [0.29, 0.717) is 22.7 Å². The molecule has 2 fully saturated rings. The highest BCUT2D eigenvalue weighted by atomic mass is 35.5. The van der Waals surface area contributed by atoms with E-state index >= 15 is 0 Å². The van der Waals surface area contributed by atoms with Crippen molar-refractivity contribution in [2.75, 3.05) is 11.4 Å². The standard InChI is InChI=1S/C26H30ClN7O2.CH4/c1-15-5-7-17(8-6-15)14-34-23-20(30-25(34)33-9-3-4-16(33)2)11-21(24-31-26(35)36-32-24)29-22(23)18-10-19(27)13-28-12-18;/h10-13,15-17H,3-9,14H2,1-2H3,(H,31,32,35);1H4/t15?,16-,17?;/m1./s1. The average Bonchev–Trinajstić information content (AvgIpc) is 3.58. The topological polar surface area (TPSA) is 106 Å². The summed E-state index contributed by atoms with van der Waals surface area (Å²) in [5, 5.41) is 4.40. The molecule has 6 rings (SSSR count). The first kappa shape index (κ1) is 25.4. The normalized spacial score (nSPS) is 21.9. The highest BCUT2D eigenvalue weighted by Crippen LogP contribution is 2.38. The van der Waals surface area contributed by atoms with Gasteiger partial charge in [-0.1, -0.05) is 43.9 Å². The summed E-state index contributed by atoms with van der Waals surface area (Å²) >= 11 is 6.35. The zero-order valence-corrected chi connectivity index (χ0v) is 21.3. The van der Waals surface area contributed by atoms with Crippen molar-refractivity contribution in [3.8, 4) is 22.8 Å². The van der Waals surface area contributed by atoms with Gasteiger partial charge in [-0.3, -0.25) is 14.5 Å². The van der Waals surface area contributed by atoms with Crippen molar-refractivity contribution in [2.24, 2.45) is 11.8 Å². The number of anilines is 1. The lowest BCUT2D eigenvalue weighted by Crippen LogP contribution is -2.30. The maximum atomic E-state index is 11.7. The van der Waals surface area contributed by atoms with Crippen molar-refractivity contribution >= 4 is 28.6 Å². The van der Waals surface area contributed by atoms with Crippen LogP contribution in [0.15, 0.2) is 33.8 Å². The molecule has 0 amide bonds. The number of rotatable bonds is 5. The molecule has 0 aromatic carbocycles. The number of hydrogen-bond donors (Lipinski definition) is 1. The lowest BCUT2D eigenvalue weighted by molar-refractivity contribution is 0.267. The largest absolute Gasteiger partial charge is 0.439 e. The molecule has 1 atom stereocenters. The van der Waals surface area contributed by atoms with Gasteiger partial charge in [0.1, 0.15) is 5.69 Å². The second-order valence-corrected chi connectivity index (χ2v) is 10.8. The van der Waals surface area contributed by atoms with Crippen molar-refractivity contribution in [3.05, 3.63) is 40.1 Å². The Bertz CT molecular complexity index is 1450. The van der Waals surface area contributed by atoms with E-state index in [1.54, 1.807) is 12.4 Å². The Labute approximate surface area is 221 Å². The van der Waals surface area contributed by atoms with E-state index in [-0.39, 0.29) is 13.3 Å². The number of halogens is 1. The Morgan fingerprint density at radius 2 is 1.92 bits per heavy atom. The van der Waals surface area contributed by atoms with Crippen LogP contribution in [0.4, 0.5) is 5.95 Å². The van der Waals surface area contributed by atoms with Crippen molar-refractivity contribution in [3.63, 3.8) is 0 Å². The molecule has 0 unspecified atom stereocenters. The second kappa shape index (κ2) is 10.3. The summed E-state index contributed by atoms with van der Waals surface area (Å²) in [7, 11) is 0. The Morgan fingerprint density at radius 1 is 1.11 bits per heavy atom. The molecular weight excluding hydrogens is 490 g/mol. The fourth-order valence-electron chi connectivity index (χ4n) is 5.74. The van der Waals surface area contributed by atoms with Crippen molar-refractivity contribution in [2.45, 2.75) is 72.4 Å². The first-order valence-corrected chi connectivity index (χ1v) is 13.2. The van der Waals surface area contributed by atoms with Crippen molar-refractivity contribution in [1.29, 1.82) is 0 Å². The fraction of sp³-hybridized carbons (Fsp3) is 0.519. The molecule has 10 heteroatoms. The predicted molar refractivity (Wildman–Crippen MR) is 146 cm³/mol. The van der Waals surface area contributed by atoms with Gasteiger partial charge >= 0.3 is 5.76 Å². The number of H-pyrrole nitrogens is 1. The number of pyridine rings is 2. The van der Waals surface area contributed by atoms with Crippen LogP contribution in [-0.4, -0.2) is 42.2 Å². The third-order valence-corrected chi connectivity index (χ3v) is 7.96. The minimum Gasteiger partial charge on any atom is -0.340 e. The summed E-state index contributed by atoms with van der Waals surface area (Å²) < 4.78 is 7.13. The maximum Gasteiger partial charge on any atom is 0.439 e. The fourth-order valence-corrected chi connectivity index (χ4v) is 5.91. The van der Waals surface area contributed by atoms with Crippen LogP contribution < -0.4 is 10.7 Å². The Kier molecular flexibility index (Phi) is 7.07. The molecule has 0 bridgehead atoms. The lowest BCUT2D eigenvalue weighted by Gasteiger charge is -2.29. The van der Waals surface area contributed by atoms with Gasteiger partial charge in [0.2, 0.25) is 11.8 Å². The highest BCUT2D eigenvalue weighted by Gasteiger charge is 2.30. The quantitative estimate of drug-likeness (QED) is 0.345. The molecule has 1 aliphatic heterocycles. The SMILES string of the molecule is C.CC1CCC(Cn2c(N3CCC[C@H]3C)nc3cc(-c4noc(=O)[nH]4)nc(-c4cncc(Cl)c4)c32)CC1. The summed E-state index contributed by atoms with van der Waals surface area (Å²) in [5.74, 6) is 2.01. The van der Waals surface area contributed by atoms with Crippen molar-refractivity contribution < 1.29 is 4.52 Å². The molecule has 5 heterocycles. The van der Waals surface area contributed by atoms with Gasteiger partial charge in [-0.25, -0.2) is 14.8 Å². The molecular formula is C27H34ClN7O2. The molecule has 1 aliphatic carbocycles. The van der Waals surface area contributed by atoms with Crippen LogP contribution >= 0.6 is 11.6 Å². The van der Waals surface area contributed by atoms with Crippen molar-refractivity contribution in [1.82, 2.24) is 29.7 Å². The summed E-state index contributed by atoms with van der Waals surface area (Å²) in [6.07, 6.45) is 10.6. The highest BCUT2D eigenvalue weighted by molar-refractivity contribution is 6.30. The first-order chi connectivity index (χ1) is 17.5. The van der Waals surface area contributed by atoms with Crippen LogP contribution in [0.1, 0.15) is 59.8 Å². The van der Waals surface area contributed by atoms with E-state index in [4.69, 9.17) is 26.1 Å². The number of aromatic nitrogens is 6. The molecule has 196 valence electrons. The zero-order chi connectivity index (χ0) is 24.8. The smallest absolute Gasteiger partial charge is 0.340 e. The van der Waals surface area contributed by atoms with E-state index in [0.717, 1.165) is 60.1 Å². The third-order valence-electron chi connectivity index (χ3n) is 7.75. The molecule has 37 heavy (non-hydrogen) atoms. The van der Waals surface area contributed by atoms with Crippen LogP contribution in [-0.2, 0) is 6.54 Å². The molecule has 1 N–H and O–H groups in total. The molecule has 4 aromatic rings. The lowest BCUT2D eigenvalue weighted by atomic mass is 9.83. The minimum atomic E-state index is -0.624. The van der Waals surface area contributed by atoms with E-state index in [9.17, 15) is 4.79 Å². The number of nitrogens with zero attached hydrogens (tertiary/aromatic N) is 6. The summed E-state index contributed by atoms with van der Waals surface area (Å²) in [4.78, 5) is 31.2. The van der Waals surface area contributed by atoms with Crippen LogP contribution in [0.3, 0.4) is 0 Å². The number of imidazole rings is 1. The Morgan fingerprint density at radius 3 is 2.59 bits per heavy atom. The number of hydrogen-bond acceptors (Lipinski definition) is 7. The van der Waals surface area contributed by atoms with Gasteiger partial charge in [0, 0.05) is 37.1 Å². The zero-order valence-electron chi connectivity index (χ0n) is 20.6. The summed E-state index contributed by atoms with van der Waals surface area (Å²) in [5.41, 5.74) is 3.76. The average molecular weight is 524 g/mol. The van der Waals surface area contributed by atoms with E-state index < -0.39 is 5.76 Å². The number of fused-ring (bicyclic) bond motifs is 1. The summed E-state index contributed by atoms with van der Waals surface area (Å²) in [6, 6.07) is 4.17. The maximum absolute atomic E-state index is 11.7. The number of aromatic amines is 1. The van der Waals surface area contributed by atoms with Crippen LogP contribution in [0.5, 0.6) is 0 Å². The van der Waals surface area contributed by atoms with Crippen LogP contribution in [0.25, 0.3) is 33.8 Å². The molecule has 4 aromatic heterocycles. The second-order valence-electron chi connectivity index (χ2n) is 10.4. The molecule has 1 saturated carbocycles. The third kappa shape index (κ3) is 4.89. The molecule has 0 spiro atoms. The van der Waals surface area contributed by atoms with Gasteiger partial charge in [-0.2, -0.15) is 0 Å². The van der Waals surface area contributed by atoms with Gasteiger partial charge < -0.3 is 9.47 Å². The van der Waals surface area contributed by atoms with Gasteiger partial charge in [0.05, 0.1) is 21.7 Å². The molecule has 1 saturated heterocycles. The first-order valence-electron chi connectivity index (χ1n) is 12.8. The number of nitrogens with one attached hydrogen (secondary N) is 1. The van der Waals surface area contributed by atoms with Gasteiger partial charge in [-0.05, 0) is 56.6 Å². The van der Waals surface area contributed by atoms with Crippen LogP contribution in [0, 0.1) is 11.8 Å². The van der Waals surface area contributed by atoms with E-state index in [2.05, 4.69) is 38.4 Å². The Hall–Kier alpha value is -3.20. The minimum absolute atomic E-state index is 0. The van der Waals surface area contributed by atoms with Gasteiger partial charge in [0.25, 0.3) is 0 Å². The predicted octanol–water partition coefficient (Wildman–Crippen LogP) is 5.94. The molecule has 2 aliphatic rings. The van der Waals surface area contributed by atoms with Gasteiger partial charge in [-0.15, -0.1) is 0 Å². The van der Waals surface area contributed by atoms with E-state index in [1.807, 2.05) is 12.1 Å². The van der Waals surface area contributed by atoms with Gasteiger partial charge in [0.15, 0.2) is 0 Å². The molecule has 0 radical (unpaired) electrons. The molecule has 9 nitrogen and oxygen atoms in total. The Balaban J connectivity index is 0.00000280.